The Bertz CT molecular complexity index is 308. The van der Waals surface area contributed by atoms with Crippen LogP contribution >= 0.6 is 0 Å². The maximum Gasteiger partial charge on any atom is 0.0419 e. The number of rotatable bonds is 8. The third-order valence-corrected chi connectivity index (χ3v) is 3.34. The first-order valence-corrected chi connectivity index (χ1v) is 7.26. The molecule has 102 valence electrons. The summed E-state index contributed by atoms with van der Waals surface area (Å²) in [6, 6.07) is 6.73. The highest BCUT2D eigenvalue weighted by Gasteiger charge is 2.18. The molecule has 0 aliphatic heterocycles. The van der Waals surface area contributed by atoms with Crippen molar-refractivity contribution < 1.29 is 0 Å². The van der Waals surface area contributed by atoms with Crippen molar-refractivity contribution in [3.8, 4) is 0 Å². The predicted molar refractivity (Wildman–Crippen MR) is 78.6 cm³/mol. The third-order valence-electron chi connectivity index (χ3n) is 3.34. The molecule has 2 unspecified atom stereocenters. The highest BCUT2D eigenvalue weighted by atomic mass is 14.9. The van der Waals surface area contributed by atoms with Gasteiger partial charge in [0.25, 0.3) is 0 Å². The fraction of sp³-hybridized carbons (Fsp3) is 0.688. The van der Waals surface area contributed by atoms with Gasteiger partial charge in [-0.1, -0.05) is 33.8 Å². The minimum absolute atomic E-state index is 0.544. The topological polar surface area (TPSA) is 24.9 Å². The number of hydrogen-bond donors (Lipinski definition) is 1. The van der Waals surface area contributed by atoms with E-state index in [9.17, 15) is 0 Å². The lowest BCUT2D eigenvalue weighted by molar-refractivity contribution is 0.319. The average Bonchev–Trinajstić information content (AvgIpc) is 2.34. The van der Waals surface area contributed by atoms with Crippen LogP contribution in [0.2, 0.25) is 0 Å². The molecule has 18 heavy (non-hydrogen) atoms. The summed E-state index contributed by atoms with van der Waals surface area (Å²) < 4.78 is 0. The van der Waals surface area contributed by atoms with E-state index in [4.69, 9.17) is 0 Å². The van der Waals surface area contributed by atoms with Crippen molar-refractivity contribution in [3.63, 3.8) is 0 Å². The lowest BCUT2D eigenvalue weighted by Gasteiger charge is -2.26. The smallest absolute Gasteiger partial charge is 0.0419 e. The quantitative estimate of drug-likeness (QED) is 0.759. The highest BCUT2D eigenvalue weighted by molar-refractivity contribution is 5.05. The number of hydrogen-bond acceptors (Lipinski definition) is 2. The first-order chi connectivity index (χ1) is 8.63. The van der Waals surface area contributed by atoms with E-state index in [1.807, 2.05) is 12.3 Å². The van der Waals surface area contributed by atoms with Crippen molar-refractivity contribution in [1.29, 1.82) is 0 Å². The van der Waals surface area contributed by atoms with Crippen molar-refractivity contribution in [2.45, 2.75) is 53.0 Å². The number of aromatic nitrogens is 1. The summed E-state index contributed by atoms with van der Waals surface area (Å²) in [7, 11) is 0. The Labute approximate surface area is 112 Å². The highest BCUT2D eigenvalue weighted by Crippen LogP contribution is 2.17. The van der Waals surface area contributed by atoms with Crippen LogP contribution in [0.15, 0.2) is 24.4 Å². The molecule has 0 saturated carbocycles. The van der Waals surface area contributed by atoms with Gasteiger partial charge in [-0.2, -0.15) is 0 Å². The van der Waals surface area contributed by atoms with Gasteiger partial charge in [0, 0.05) is 24.4 Å². The van der Waals surface area contributed by atoms with Crippen molar-refractivity contribution in [2.24, 2.45) is 11.8 Å². The molecule has 0 fully saturated rings. The van der Waals surface area contributed by atoms with Gasteiger partial charge in [0.1, 0.15) is 0 Å². The van der Waals surface area contributed by atoms with Gasteiger partial charge in [-0.25, -0.2) is 0 Å². The summed E-state index contributed by atoms with van der Waals surface area (Å²) in [6.07, 6.45) is 5.38. The zero-order chi connectivity index (χ0) is 13.4. The van der Waals surface area contributed by atoms with Crippen LogP contribution in [0, 0.1) is 11.8 Å². The van der Waals surface area contributed by atoms with Gasteiger partial charge < -0.3 is 5.32 Å². The van der Waals surface area contributed by atoms with Crippen LogP contribution in [0.25, 0.3) is 0 Å². The Morgan fingerprint density at radius 2 is 2.00 bits per heavy atom. The Morgan fingerprint density at radius 3 is 2.56 bits per heavy atom. The molecule has 0 radical (unpaired) electrons. The van der Waals surface area contributed by atoms with E-state index >= 15 is 0 Å². The number of nitrogens with zero attached hydrogens (tertiary/aromatic N) is 1. The van der Waals surface area contributed by atoms with Crippen molar-refractivity contribution >= 4 is 0 Å². The molecule has 2 atom stereocenters. The second kappa shape index (κ2) is 8.25. The van der Waals surface area contributed by atoms with Crippen LogP contribution < -0.4 is 5.32 Å². The summed E-state index contributed by atoms with van der Waals surface area (Å²) in [6.45, 7) is 10.3. The predicted octanol–water partition coefficient (Wildman–Crippen LogP) is 3.67. The fourth-order valence-electron chi connectivity index (χ4n) is 2.46. The second-order valence-electron chi connectivity index (χ2n) is 5.69. The maximum atomic E-state index is 4.45. The zero-order valence-electron chi connectivity index (χ0n) is 12.3. The normalized spacial score (nSPS) is 14.7. The molecule has 0 aromatic carbocycles. The van der Waals surface area contributed by atoms with E-state index in [-0.39, 0.29) is 0 Å². The Kier molecular flexibility index (Phi) is 6.96. The molecule has 1 aromatic rings. The van der Waals surface area contributed by atoms with E-state index in [0.717, 1.165) is 18.9 Å². The van der Waals surface area contributed by atoms with Crippen LogP contribution in [-0.2, 0) is 6.42 Å². The molecule has 2 heteroatoms. The largest absolute Gasteiger partial charge is 0.313 e. The Morgan fingerprint density at radius 1 is 1.22 bits per heavy atom. The summed E-state index contributed by atoms with van der Waals surface area (Å²) in [5.74, 6) is 1.45. The second-order valence-corrected chi connectivity index (χ2v) is 5.69. The molecule has 0 aliphatic rings. The lowest BCUT2D eigenvalue weighted by atomic mass is 9.89. The molecule has 0 amide bonds. The number of nitrogens with one attached hydrogen (secondary N) is 1. The molecule has 1 N–H and O–H groups in total. The van der Waals surface area contributed by atoms with Gasteiger partial charge in [-0.3, -0.25) is 4.98 Å². The molecular weight excluding hydrogens is 220 g/mol. The minimum Gasteiger partial charge on any atom is -0.313 e. The molecule has 1 aromatic heterocycles. The molecule has 1 rings (SSSR count). The molecule has 0 bridgehead atoms. The van der Waals surface area contributed by atoms with Gasteiger partial charge >= 0.3 is 0 Å². The van der Waals surface area contributed by atoms with Gasteiger partial charge in [0.15, 0.2) is 0 Å². The molecule has 1 heterocycles. The Hall–Kier alpha value is -0.890. The molecule has 0 saturated heterocycles. The van der Waals surface area contributed by atoms with Crippen LogP contribution in [0.5, 0.6) is 0 Å². The summed E-state index contributed by atoms with van der Waals surface area (Å²) in [5, 5.41) is 3.68. The van der Waals surface area contributed by atoms with Crippen LogP contribution in [-0.4, -0.2) is 17.6 Å². The van der Waals surface area contributed by atoms with Crippen molar-refractivity contribution in [3.05, 3.63) is 30.1 Å². The van der Waals surface area contributed by atoms with Crippen LogP contribution in [0.4, 0.5) is 0 Å². The van der Waals surface area contributed by atoms with Crippen LogP contribution in [0.1, 0.15) is 46.2 Å². The van der Waals surface area contributed by atoms with E-state index in [1.165, 1.54) is 18.5 Å². The summed E-state index contributed by atoms with van der Waals surface area (Å²) in [5.41, 5.74) is 1.20. The SMILES string of the molecule is CCCNC(Cc1ccccn1)C(C)CC(C)C. The van der Waals surface area contributed by atoms with Gasteiger partial charge in [-0.15, -0.1) is 0 Å². The van der Waals surface area contributed by atoms with Crippen molar-refractivity contribution in [2.75, 3.05) is 6.54 Å². The van der Waals surface area contributed by atoms with Crippen LogP contribution in [0.3, 0.4) is 0 Å². The lowest BCUT2D eigenvalue weighted by Crippen LogP contribution is -2.38. The van der Waals surface area contributed by atoms with E-state index < -0.39 is 0 Å². The van der Waals surface area contributed by atoms with E-state index in [2.05, 4.69) is 50.1 Å². The molecular formula is C16H28N2. The first-order valence-electron chi connectivity index (χ1n) is 7.26. The van der Waals surface area contributed by atoms with Gasteiger partial charge in [0.2, 0.25) is 0 Å². The van der Waals surface area contributed by atoms with Crippen molar-refractivity contribution in [1.82, 2.24) is 10.3 Å². The maximum absolute atomic E-state index is 4.45. The summed E-state index contributed by atoms with van der Waals surface area (Å²) >= 11 is 0. The standard InChI is InChI=1S/C16H28N2/c1-5-9-18-16(14(4)11-13(2)3)12-15-8-6-7-10-17-15/h6-8,10,13-14,16,18H,5,9,11-12H2,1-4H3. The molecule has 0 aliphatic carbocycles. The first kappa shape index (κ1) is 15.2. The van der Waals surface area contributed by atoms with Gasteiger partial charge in [0.05, 0.1) is 0 Å². The Balaban J connectivity index is 2.59. The monoisotopic (exact) mass is 248 g/mol. The zero-order valence-corrected chi connectivity index (χ0v) is 12.3. The van der Waals surface area contributed by atoms with E-state index in [1.54, 1.807) is 0 Å². The molecule has 0 spiro atoms. The van der Waals surface area contributed by atoms with Gasteiger partial charge in [-0.05, 0) is 43.4 Å². The fourth-order valence-corrected chi connectivity index (χ4v) is 2.46. The molecule has 2 nitrogen and oxygen atoms in total. The summed E-state index contributed by atoms with van der Waals surface area (Å²) in [4.78, 5) is 4.45. The average molecular weight is 248 g/mol. The number of pyridine rings is 1. The minimum atomic E-state index is 0.544. The third kappa shape index (κ3) is 5.63. The van der Waals surface area contributed by atoms with E-state index in [0.29, 0.717) is 12.0 Å².